The van der Waals surface area contributed by atoms with Gasteiger partial charge in [-0.15, -0.1) is 0 Å². The average molecular weight is 728 g/mol. The maximum absolute atomic E-state index is 11.4. The third-order valence-electron chi connectivity index (χ3n) is 5.38. The van der Waals surface area contributed by atoms with E-state index in [9.17, 15) is 9.90 Å². The maximum atomic E-state index is 11.4. The van der Waals surface area contributed by atoms with Crippen molar-refractivity contribution in [3.05, 3.63) is 180 Å². The monoisotopic (exact) mass is 726 g/mol. The van der Waals surface area contributed by atoms with E-state index in [0.29, 0.717) is 5.56 Å². The van der Waals surface area contributed by atoms with Gasteiger partial charge in [0.15, 0.2) is 0 Å². The Bertz CT molecular complexity index is 1150. The Kier molecular flexibility index (Phi) is 45.1. The summed E-state index contributed by atoms with van der Waals surface area (Å²) in [5.74, 6) is -0.291. The van der Waals surface area contributed by atoms with Gasteiger partial charge in [0, 0.05) is 0 Å². The predicted molar refractivity (Wildman–Crippen MR) is 207 cm³/mol. The average Bonchev–Trinajstić information content (AvgIpc) is 3.20. The number of carbonyl (C=O) groups excluding carboxylic acids is 1. The molecule has 1 N–H and O–H groups in total. The van der Waals surface area contributed by atoms with Gasteiger partial charge in [0.1, 0.15) is 5.60 Å². The van der Waals surface area contributed by atoms with Gasteiger partial charge in [-0.05, 0) is 28.8 Å². The minimum atomic E-state index is -1.12. The van der Waals surface area contributed by atoms with Crippen molar-refractivity contribution in [1.82, 2.24) is 0 Å². The Balaban J connectivity index is -0.000000186. The molecule has 0 saturated heterocycles. The second-order valence-electron chi connectivity index (χ2n) is 7.74. The number of benzene rings is 5. The topological polar surface area (TPSA) is 46.5 Å². The number of hydrogen-bond acceptors (Lipinski definition) is 3. The normalized spacial score (nSPS) is 8.17. The fraction of sp³-hybridized carbons (Fsp3) is 0.279. The van der Waals surface area contributed by atoms with Crippen molar-refractivity contribution < 1.29 is 31.6 Å². The van der Waals surface area contributed by atoms with E-state index in [0.717, 1.165) is 16.7 Å². The van der Waals surface area contributed by atoms with Crippen LogP contribution in [-0.2, 0) is 10.3 Å². The van der Waals surface area contributed by atoms with Crippen LogP contribution >= 0.6 is 0 Å². The zero-order valence-electron chi connectivity index (χ0n) is 31.3. The van der Waals surface area contributed by atoms with Crippen molar-refractivity contribution in [2.24, 2.45) is 0 Å². The standard InChI is InChI=1S/C19H16O.C8H8O2.C6H5.5C2H6.BrH.Mg/c20-19(16-10-4-1-5-11-16,17-12-6-2-7-13-17)18-14-8-3-9-15-18;1-10-8(9)7-5-3-2-4-6-7;1-2-4-6-5-3-1;5*1-2;;/h1-15,20H;2-6H,1H3;1-5H;5*1-2H3;1H;/q;;-1;;;;;;;+2/p-1. The number of carbonyl (C=O) groups is 1. The van der Waals surface area contributed by atoms with Crippen LogP contribution < -0.4 is 17.0 Å². The fourth-order valence-corrected chi connectivity index (χ4v) is 3.57. The van der Waals surface area contributed by atoms with E-state index in [-0.39, 0.29) is 46.0 Å². The molecule has 5 heteroatoms. The number of hydrogen-bond donors (Lipinski definition) is 1. The maximum Gasteiger partial charge on any atom is 2.00 e. The molecule has 0 amide bonds. The molecular formula is C43H59BrMgO3. The van der Waals surface area contributed by atoms with E-state index in [4.69, 9.17) is 0 Å². The fourth-order valence-electron chi connectivity index (χ4n) is 3.57. The van der Waals surface area contributed by atoms with E-state index < -0.39 is 5.60 Å². The predicted octanol–water partition coefficient (Wildman–Crippen LogP) is 8.68. The largest absolute Gasteiger partial charge is 2.00 e. The molecule has 0 aliphatic rings. The number of aliphatic hydroxyl groups is 1. The molecule has 48 heavy (non-hydrogen) atoms. The second-order valence-corrected chi connectivity index (χ2v) is 7.74. The van der Waals surface area contributed by atoms with Crippen molar-refractivity contribution in [2.45, 2.75) is 74.8 Å². The van der Waals surface area contributed by atoms with Gasteiger partial charge in [-0.2, -0.15) is 36.4 Å². The molecule has 5 aromatic rings. The van der Waals surface area contributed by atoms with Gasteiger partial charge < -0.3 is 26.8 Å². The van der Waals surface area contributed by atoms with Crippen LogP contribution in [0.4, 0.5) is 0 Å². The summed E-state index contributed by atoms with van der Waals surface area (Å²) in [5, 5.41) is 11.4. The van der Waals surface area contributed by atoms with Gasteiger partial charge in [-0.25, -0.2) is 4.79 Å². The summed E-state index contributed by atoms with van der Waals surface area (Å²) in [6.07, 6.45) is 0. The van der Waals surface area contributed by atoms with Gasteiger partial charge in [0.05, 0.1) is 12.7 Å². The van der Waals surface area contributed by atoms with Crippen LogP contribution in [0.3, 0.4) is 0 Å². The minimum Gasteiger partial charge on any atom is -1.00 e. The van der Waals surface area contributed by atoms with Gasteiger partial charge in [0.2, 0.25) is 0 Å². The zero-order chi connectivity index (χ0) is 35.5. The van der Waals surface area contributed by atoms with Crippen LogP contribution in [0.15, 0.2) is 152 Å². The molecule has 0 unspecified atom stereocenters. The molecule has 5 rings (SSSR count). The van der Waals surface area contributed by atoms with Crippen molar-refractivity contribution in [2.75, 3.05) is 7.11 Å². The number of rotatable bonds is 4. The third-order valence-corrected chi connectivity index (χ3v) is 5.38. The first kappa shape index (κ1) is 54.2. The molecule has 0 radical (unpaired) electrons. The smallest absolute Gasteiger partial charge is 1.00 e. The quantitative estimate of drug-likeness (QED) is 0.0873. The number of esters is 1. The van der Waals surface area contributed by atoms with Crippen LogP contribution in [0.25, 0.3) is 0 Å². The summed E-state index contributed by atoms with van der Waals surface area (Å²) in [7, 11) is 1.37. The molecule has 0 heterocycles. The van der Waals surface area contributed by atoms with Gasteiger partial charge in [-0.3, -0.25) is 0 Å². The molecule has 5 aromatic carbocycles. The summed E-state index contributed by atoms with van der Waals surface area (Å²) in [6.45, 7) is 20.0. The van der Waals surface area contributed by atoms with Crippen LogP contribution in [-0.4, -0.2) is 41.2 Å². The summed E-state index contributed by atoms with van der Waals surface area (Å²) in [4.78, 5) is 10.8. The summed E-state index contributed by atoms with van der Waals surface area (Å²) >= 11 is 0. The Morgan fingerprint density at radius 3 is 0.958 bits per heavy atom. The molecule has 258 valence electrons. The molecule has 0 fully saturated rings. The van der Waals surface area contributed by atoms with E-state index in [2.05, 4.69) is 10.8 Å². The van der Waals surface area contributed by atoms with Crippen LogP contribution in [0.1, 0.15) is 96.3 Å². The Morgan fingerprint density at radius 1 is 0.500 bits per heavy atom. The molecule has 0 aliphatic heterocycles. The first-order valence-corrected chi connectivity index (χ1v) is 16.6. The van der Waals surface area contributed by atoms with Crippen molar-refractivity contribution in [3.8, 4) is 0 Å². The summed E-state index contributed by atoms with van der Waals surface area (Å²) in [6, 6.07) is 50.7. The Labute approximate surface area is 320 Å². The Morgan fingerprint density at radius 2 is 0.750 bits per heavy atom. The van der Waals surface area contributed by atoms with Crippen LogP contribution in [0.2, 0.25) is 0 Å². The zero-order valence-corrected chi connectivity index (χ0v) is 34.3. The molecule has 0 aliphatic carbocycles. The molecular weight excluding hydrogens is 669 g/mol. The van der Waals surface area contributed by atoms with Crippen LogP contribution in [0, 0.1) is 6.07 Å². The number of halogens is 1. The Hall–Kier alpha value is -3.22. The first-order chi connectivity index (χ1) is 22.7. The van der Waals surface area contributed by atoms with E-state index >= 15 is 0 Å². The molecule has 0 bridgehead atoms. The van der Waals surface area contributed by atoms with E-state index in [1.807, 2.05) is 197 Å². The summed E-state index contributed by atoms with van der Waals surface area (Å²) < 4.78 is 4.50. The molecule has 0 aromatic heterocycles. The molecule has 0 spiro atoms. The van der Waals surface area contributed by atoms with Gasteiger partial charge in [0.25, 0.3) is 0 Å². The molecule has 0 atom stereocenters. The van der Waals surface area contributed by atoms with Crippen molar-refractivity contribution in [3.63, 3.8) is 0 Å². The molecule has 3 nitrogen and oxygen atoms in total. The van der Waals surface area contributed by atoms with Crippen molar-refractivity contribution in [1.29, 1.82) is 0 Å². The minimum absolute atomic E-state index is 0. The van der Waals surface area contributed by atoms with Crippen LogP contribution in [0.5, 0.6) is 0 Å². The number of ether oxygens (including phenoxy) is 1. The van der Waals surface area contributed by atoms with E-state index in [1.54, 1.807) is 24.3 Å². The first-order valence-electron chi connectivity index (χ1n) is 16.6. The van der Waals surface area contributed by atoms with Gasteiger partial charge >= 0.3 is 29.0 Å². The summed E-state index contributed by atoms with van der Waals surface area (Å²) in [5.41, 5.74) is 2.08. The van der Waals surface area contributed by atoms with Gasteiger partial charge in [-0.1, -0.05) is 178 Å². The molecule has 0 saturated carbocycles. The van der Waals surface area contributed by atoms with E-state index in [1.165, 1.54) is 7.11 Å². The third kappa shape index (κ3) is 21.6. The second kappa shape index (κ2) is 40.0. The van der Waals surface area contributed by atoms with Crippen molar-refractivity contribution >= 4 is 29.0 Å². The number of methoxy groups -OCH3 is 1. The SMILES string of the molecule is CC.CC.CC.CC.CC.COC(=O)c1ccccc1.OC(c1ccccc1)(c1ccccc1)c1ccccc1.[Br-].[Mg+2].[c-]1ccccc1.